The van der Waals surface area contributed by atoms with Crippen molar-refractivity contribution < 1.29 is 13.2 Å². The number of hydrogen-bond acceptors (Lipinski definition) is 2. The van der Waals surface area contributed by atoms with Crippen molar-refractivity contribution in [3.05, 3.63) is 70.4 Å². The van der Waals surface area contributed by atoms with Gasteiger partial charge in [-0.2, -0.15) is 0 Å². The van der Waals surface area contributed by atoms with Gasteiger partial charge in [-0.15, -0.1) is 0 Å². The Balaban J connectivity index is 2.24. The van der Waals surface area contributed by atoms with Gasteiger partial charge in [0.25, 0.3) is 0 Å². The summed E-state index contributed by atoms with van der Waals surface area (Å²) in [5, 5.41) is 2.19. The van der Waals surface area contributed by atoms with Gasteiger partial charge < -0.3 is 4.42 Å². The van der Waals surface area contributed by atoms with Crippen molar-refractivity contribution in [2.75, 3.05) is 0 Å². The normalized spacial score (nSPS) is 11.5. The molecular weight excluding hydrogens is 274 g/mol. The van der Waals surface area contributed by atoms with Gasteiger partial charge in [-0.3, -0.25) is 4.79 Å². The first-order valence-electron chi connectivity index (χ1n) is 6.38. The molecule has 0 saturated heterocycles. The minimum absolute atomic E-state index is 0.0386. The number of hydrogen-bond donors (Lipinski definition) is 0. The van der Waals surface area contributed by atoms with Crippen LogP contribution >= 0.6 is 0 Å². The molecule has 0 bridgehead atoms. The summed E-state index contributed by atoms with van der Waals surface area (Å²) in [5.41, 5.74) is 0.0368. The fourth-order valence-electron chi connectivity index (χ4n) is 2.54. The molecule has 21 heavy (non-hydrogen) atoms. The van der Waals surface area contributed by atoms with Crippen LogP contribution < -0.4 is 5.43 Å². The van der Waals surface area contributed by atoms with Crippen LogP contribution in [0.4, 0.5) is 8.78 Å². The van der Waals surface area contributed by atoms with Crippen LogP contribution in [0.15, 0.2) is 57.7 Å². The van der Waals surface area contributed by atoms with E-state index >= 15 is 0 Å². The van der Waals surface area contributed by atoms with Crippen LogP contribution in [0.3, 0.4) is 0 Å². The Hall–Kier alpha value is -2.75. The molecule has 102 valence electrons. The first-order valence-corrected chi connectivity index (χ1v) is 6.38. The van der Waals surface area contributed by atoms with Gasteiger partial charge >= 0.3 is 0 Å². The first kappa shape index (κ1) is 12.0. The number of benzene rings is 3. The molecule has 4 heteroatoms. The molecule has 0 radical (unpaired) electrons. The van der Waals surface area contributed by atoms with Gasteiger partial charge in [0.2, 0.25) is 5.43 Å². The Morgan fingerprint density at radius 3 is 2.10 bits per heavy atom. The standard InChI is InChI=1S/C17H8F2O2/c18-13-7-12-16(8-14(13)19)21-15-6-10-4-2-1-3-9(10)5-11(15)17(12)20/h1-8H. The zero-order chi connectivity index (χ0) is 14.6. The summed E-state index contributed by atoms with van der Waals surface area (Å²) in [6.45, 7) is 0. The lowest BCUT2D eigenvalue weighted by molar-refractivity contribution is 0.507. The van der Waals surface area contributed by atoms with Crippen molar-refractivity contribution in [3.63, 3.8) is 0 Å². The van der Waals surface area contributed by atoms with Gasteiger partial charge in [0.05, 0.1) is 10.8 Å². The smallest absolute Gasteiger partial charge is 0.200 e. The van der Waals surface area contributed by atoms with Gasteiger partial charge in [0.15, 0.2) is 11.6 Å². The molecule has 0 atom stereocenters. The Kier molecular flexibility index (Phi) is 2.36. The maximum Gasteiger partial charge on any atom is 0.200 e. The van der Waals surface area contributed by atoms with E-state index in [-0.39, 0.29) is 16.4 Å². The highest BCUT2D eigenvalue weighted by Gasteiger charge is 2.12. The molecule has 0 aliphatic rings. The third-order valence-corrected chi connectivity index (χ3v) is 3.58. The van der Waals surface area contributed by atoms with E-state index in [0.717, 1.165) is 22.9 Å². The fraction of sp³-hybridized carbons (Fsp3) is 0. The highest BCUT2D eigenvalue weighted by Crippen LogP contribution is 2.25. The zero-order valence-corrected chi connectivity index (χ0v) is 10.7. The van der Waals surface area contributed by atoms with Crippen LogP contribution in [0.1, 0.15) is 0 Å². The van der Waals surface area contributed by atoms with E-state index in [0.29, 0.717) is 11.0 Å². The van der Waals surface area contributed by atoms with Crippen molar-refractivity contribution >= 4 is 32.7 Å². The van der Waals surface area contributed by atoms with Crippen LogP contribution in [0.5, 0.6) is 0 Å². The second kappa shape index (κ2) is 4.12. The van der Waals surface area contributed by atoms with Gasteiger partial charge in [-0.1, -0.05) is 24.3 Å². The molecule has 0 amide bonds. The van der Waals surface area contributed by atoms with Crippen LogP contribution in [-0.2, 0) is 0 Å². The molecule has 0 unspecified atom stereocenters. The summed E-state index contributed by atoms with van der Waals surface area (Å²) in [4.78, 5) is 12.4. The minimum atomic E-state index is -1.06. The predicted molar refractivity (Wildman–Crippen MR) is 77.4 cm³/mol. The van der Waals surface area contributed by atoms with Crippen molar-refractivity contribution in [1.29, 1.82) is 0 Å². The lowest BCUT2D eigenvalue weighted by Crippen LogP contribution is -2.03. The number of rotatable bonds is 0. The summed E-state index contributed by atoms with van der Waals surface area (Å²) in [6, 6.07) is 12.7. The first-order chi connectivity index (χ1) is 10.1. The maximum absolute atomic E-state index is 13.3. The Labute approximate surface area is 117 Å². The lowest BCUT2D eigenvalue weighted by atomic mass is 10.1. The van der Waals surface area contributed by atoms with Crippen molar-refractivity contribution in [2.45, 2.75) is 0 Å². The second-order valence-corrected chi connectivity index (χ2v) is 4.89. The highest BCUT2D eigenvalue weighted by atomic mass is 19.2. The van der Waals surface area contributed by atoms with Crippen molar-refractivity contribution in [2.24, 2.45) is 0 Å². The lowest BCUT2D eigenvalue weighted by Gasteiger charge is -2.04. The molecule has 0 fully saturated rings. The predicted octanol–water partition coefficient (Wildman–Crippen LogP) is 4.38. The van der Waals surface area contributed by atoms with Crippen molar-refractivity contribution in [3.8, 4) is 0 Å². The van der Waals surface area contributed by atoms with E-state index in [9.17, 15) is 13.6 Å². The second-order valence-electron chi connectivity index (χ2n) is 4.89. The molecule has 3 aromatic carbocycles. The Morgan fingerprint density at radius 2 is 1.33 bits per heavy atom. The van der Waals surface area contributed by atoms with Crippen LogP contribution in [-0.4, -0.2) is 0 Å². The average molecular weight is 282 g/mol. The van der Waals surface area contributed by atoms with Gasteiger partial charge in [-0.05, 0) is 29.0 Å². The molecule has 1 aromatic heterocycles. The topological polar surface area (TPSA) is 30.2 Å². The SMILES string of the molecule is O=c1c2cc(F)c(F)cc2oc2cc3ccccc3cc12. The molecule has 0 spiro atoms. The minimum Gasteiger partial charge on any atom is -0.456 e. The van der Waals surface area contributed by atoms with Gasteiger partial charge in [0.1, 0.15) is 11.2 Å². The highest BCUT2D eigenvalue weighted by molar-refractivity contribution is 5.99. The van der Waals surface area contributed by atoms with Gasteiger partial charge in [-0.25, -0.2) is 8.78 Å². The van der Waals surface area contributed by atoms with E-state index < -0.39 is 11.6 Å². The van der Waals surface area contributed by atoms with E-state index in [1.807, 2.05) is 24.3 Å². The summed E-state index contributed by atoms with van der Waals surface area (Å²) < 4.78 is 32.2. The molecule has 0 saturated carbocycles. The molecule has 0 aliphatic carbocycles. The molecule has 4 aromatic rings. The molecule has 0 aliphatic heterocycles. The monoisotopic (exact) mass is 282 g/mol. The summed E-state index contributed by atoms with van der Waals surface area (Å²) in [5.74, 6) is -2.10. The van der Waals surface area contributed by atoms with E-state index in [1.165, 1.54) is 0 Å². The largest absolute Gasteiger partial charge is 0.456 e. The molecular formula is C17H8F2O2. The van der Waals surface area contributed by atoms with E-state index in [1.54, 1.807) is 12.1 Å². The number of halogens is 2. The molecule has 2 nitrogen and oxygen atoms in total. The molecule has 0 N–H and O–H groups in total. The van der Waals surface area contributed by atoms with Crippen molar-refractivity contribution in [1.82, 2.24) is 0 Å². The number of fused-ring (bicyclic) bond motifs is 3. The van der Waals surface area contributed by atoms with Gasteiger partial charge in [0, 0.05) is 6.07 Å². The summed E-state index contributed by atoms with van der Waals surface area (Å²) in [7, 11) is 0. The fourth-order valence-corrected chi connectivity index (χ4v) is 2.54. The van der Waals surface area contributed by atoms with Crippen LogP contribution in [0.25, 0.3) is 32.7 Å². The van der Waals surface area contributed by atoms with E-state index in [4.69, 9.17) is 4.42 Å². The van der Waals surface area contributed by atoms with Crippen LogP contribution in [0.2, 0.25) is 0 Å². The third kappa shape index (κ3) is 1.72. The Bertz CT molecular complexity index is 1080. The summed E-state index contributed by atoms with van der Waals surface area (Å²) >= 11 is 0. The quantitative estimate of drug-likeness (QED) is 0.448. The average Bonchev–Trinajstić information content (AvgIpc) is 2.48. The maximum atomic E-state index is 13.3. The Morgan fingerprint density at radius 1 is 0.762 bits per heavy atom. The van der Waals surface area contributed by atoms with Crippen LogP contribution in [0, 0.1) is 11.6 Å². The molecule has 1 heterocycles. The van der Waals surface area contributed by atoms with E-state index in [2.05, 4.69) is 0 Å². The third-order valence-electron chi connectivity index (χ3n) is 3.58. The molecule has 4 rings (SSSR count). The summed E-state index contributed by atoms with van der Waals surface area (Å²) in [6.07, 6.45) is 0. The zero-order valence-electron chi connectivity index (χ0n) is 10.7.